The zero-order valence-electron chi connectivity index (χ0n) is 9.74. The fourth-order valence-electron chi connectivity index (χ4n) is 1.63. The highest BCUT2D eigenvalue weighted by atomic mass is 79.9. The predicted molar refractivity (Wildman–Crippen MR) is 74.6 cm³/mol. The second kappa shape index (κ2) is 5.67. The van der Waals surface area contributed by atoms with Crippen molar-refractivity contribution in [2.24, 2.45) is 0 Å². The minimum atomic E-state index is -0.335. The van der Waals surface area contributed by atoms with Crippen molar-refractivity contribution in [3.05, 3.63) is 39.1 Å². The van der Waals surface area contributed by atoms with Crippen molar-refractivity contribution in [1.29, 1.82) is 0 Å². The number of methoxy groups -OCH3 is 1. The Labute approximate surface area is 117 Å². The quantitative estimate of drug-likeness (QED) is 0.934. The van der Waals surface area contributed by atoms with Gasteiger partial charge in [0, 0.05) is 4.88 Å². The number of benzene rings is 1. The van der Waals surface area contributed by atoms with Crippen molar-refractivity contribution in [2.45, 2.75) is 12.8 Å². The van der Waals surface area contributed by atoms with E-state index in [1.807, 2.05) is 6.07 Å². The Morgan fingerprint density at radius 3 is 2.78 bits per heavy atom. The summed E-state index contributed by atoms with van der Waals surface area (Å²) in [6.07, 6.45) is 1.52. The van der Waals surface area contributed by atoms with Crippen LogP contribution in [0.25, 0.3) is 0 Å². The molecule has 3 nitrogen and oxygen atoms in total. The summed E-state index contributed by atoms with van der Waals surface area (Å²) in [6, 6.07) is 5.00. The molecule has 0 radical (unpaired) electrons. The van der Waals surface area contributed by atoms with Crippen LogP contribution < -0.4 is 10.5 Å². The number of rotatable bonds is 4. The van der Waals surface area contributed by atoms with Crippen LogP contribution in [0, 0.1) is 5.82 Å². The first-order valence-electron chi connectivity index (χ1n) is 5.33. The standard InChI is InChI=1S/C12H12BrFN2OS/c1-17-9-4-2-7(6-8(9)14)3-5-10-11(13)16-12(15)18-10/h2,4,6H,3,5H2,1H3,(H2,15,16). The second-order valence-corrected chi connectivity index (χ2v) is 5.60. The molecule has 1 aromatic carbocycles. The first-order valence-corrected chi connectivity index (χ1v) is 6.94. The van der Waals surface area contributed by atoms with Gasteiger partial charge in [0.05, 0.1) is 7.11 Å². The van der Waals surface area contributed by atoms with Crippen LogP contribution in [0.5, 0.6) is 5.75 Å². The lowest BCUT2D eigenvalue weighted by atomic mass is 10.1. The first-order chi connectivity index (χ1) is 8.60. The lowest BCUT2D eigenvalue weighted by Gasteiger charge is -2.04. The molecule has 0 fully saturated rings. The van der Waals surface area contributed by atoms with Crippen molar-refractivity contribution in [1.82, 2.24) is 4.98 Å². The van der Waals surface area contributed by atoms with Crippen LogP contribution >= 0.6 is 27.3 Å². The van der Waals surface area contributed by atoms with Gasteiger partial charge in [0.1, 0.15) is 4.60 Å². The van der Waals surface area contributed by atoms with Crippen molar-refractivity contribution >= 4 is 32.4 Å². The summed E-state index contributed by atoms with van der Waals surface area (Å²) in [6.45, 7) is 0. The smallest absolute Gasteiger partial charge is 0.181 e. The molecule has 0 aliphatic heterocycles. The fraction of sp³-hybridized carbons (Fsp3) is 0.250. The Morgan fingerprint density at radius 1 is 1.44 bits per heavy atom. The summed E-state index contributed by atoms with van der Waals surface area (Å²) in [4.78, 5) is 5.16. The highest BCUT2D eigenvalue weighted by Gasteiger charge is 2.08. The van der Waals surface area contributed by atoms with E-state index in [1.54, 1.807) is 6.07 Å². The molecule has 0 aliphatic rings. The van der Waals surface area contributed by atoms with Crippen LogP contribution in [0.15, 0.2) is 22.8 Å². The van der Waals surface area contributed by atoms with Gasteiger partial charge in [0.2, 0.25) is 0 Å². The number of nitrogen functional groups attached to an aromatic ring is 1. The zero-order valence-corrected chi connectivity index (χ0v) is 12.1. The van der Waals surface area contributed by atoms with Gasteiger partial charge in [-0.25, -0.2) is 9.37 Å². The van der Waals surface area contributed by atoms with E-state index in [2.05, 4.69) is 20.9 Å². The van der Waals surface area contributed by atoms with Gasteiger partial charge >= 0.3 is 0 Å². The van der Waals surface area contributed by atoms with Gasteiger partial charge in [-0.15, -0.1) is 11.3 Å². The molecule has 0 saturated heterocycles. The Balaban J connectivity index is 2.06. The molecule has 2 N–H and O–H groups in total. The maximum absolute atomic E-state index is 13.5. The highest BCUT2D eigenvalue weighted by molar-refractivity contribution is 9.10. The third kappa shape index (κ3) is 3.00. The molecule has 0 amide bonds. The van der Waals surface area contributed by atoms with E-state index in [0.717, 1.165) is 27.9 Å². The lowest BCUT2D eigenvalue weighted by Crippen LogP contribution is -1.93. The number of halogens is 2. The number of nitrogens with zero attached hydrogens (tertiary/aromatic N) is 1. The van der Waals surface area contributed by atoms with Crippen LogP contribution in [0.3, 0.4) is 0 Å². The first kappa shape index (κ1) is 13.3. The number of hydrogen-bond acceptors (Lipinski definition) is 4. The van der Waals surface area contributed by atoms with Gasteiger partial charge in [-0.2, -0.15) is 0 Å². The number of anilines is 1. The number of aromatic nitrogens is 1. The molecule has 0 bridgehead atoms. The third-order valence-electron chi connectivity index (χ3n) is 2.52. The van der Waals surface area contributed by atoms with Gasteiger partial charge in [0.15, 0.2) is 16.7 Å². The van der Waals surface area contributed by atoms with Crippen LogP contribution in [0.2, 0.25) is 0 Å². The Kier molecular flexibility index (Phi) is 4.19. The fourth-order valence-corrected chi connectivity index (χ4v) is 3.10. The molecule has 6 heteroatoms. The van der Waals surface area contributed by atoms with Crippen LogP contribution in [0.4, 0.5) is 9.52 Å². The summed E-state index contributed by atoms with van der Waals surface area (Å²) in [5.74, 6) is -0.0696. The monoisotopic (exact) mass is 330 g/mol. The molecule has 0 saturated carbocycles. The van der Waals surface area contributed by atoms with E-state index in [4.69, 9.17) is 10.5 Å². The number of ether oxygens (including phenoxy) is 1. The summed E-state index contributed by atoms with van der Waals surface area (Å²) in [7, 11) is 1.45. The minimum absolute atomic E-state index is 0.266. The largest absolute Gasteiger partial charge is 0.494 e. The summed E-state index contributed by atoms with van der Waals surface area (Å²) >= 11 is 4.80. The minimum Gasteiger partial charge on any atom is -0.494 e. The van der Waals surface area contributed by atoms with Gasteiger partial charge in [-0.05, 0) is 46.5 Å². The van der Waals surface area contributed by atoms with Crippen LogP contribution in [0.1, 0.15) is 10.4 Å². The average Bonchev–Trinajstić information content (AvgIpc) is 2.65. The van der Waals surface area contributed by atoms with Crippen LogP contribution in [-0.2, 0) is 12.8 Å². The molecule has 0 atom stereocenters. The van der Waals surface area contributed by atoms with E-state index >= 15 is 0 Å². The molecule has 0 aliphatic carbocycles. The Hall–Kier alpha value is -1.14. The van der Waals surface area contributed by atoms with Gasteiger partial charge < -0.3 is 10.5 Å². The van der Waals surface area contributed by atoms with Gasteiger partial charge in [-0.3, -0.25) is 0 Å². The summed E-state index contributed by atoms with van der Waals surface area (Å²) in [5.41, 5.74) is 6.53. The summed E-state index contributed by atoms with van der Waals surface area (Å²) in [5, 5.41) is 0.540. The number of aryl methyl sites for hydroxylation is 2. The molecule has 18 heavy (non-hydrogen) atoms. The Morgan fingerprint density at radius 2 is 2.22 bits per heavy atom. The molecule has 2 rings (SSSR count). The molecule has 0 spiro atoms. The number of nitrogens with two attached hydrogens (primary N) is 1. The number of hydrogen-bond donors (Lipinski definition) is 1. The molecule has 96 valence electrons. The predicted octanol–water partition coefficient (Wildman–Crippen LogP) is 3.42. The van der Waals surface area contributed by atoms with Crippen molar-refractivity contribution in [3.8, 4) is 5.75 Å². The van der Waals surface area contributed by atoms with E-state index in [1.165, 1.54) is 24.5 Å². The SMILES string of the molecule is COc1ccc(CCc2sc(N)nc2Br)cc1F. The molecule has 2 aromatic rings. The van der Waals surface area contributed by atoms with E-state index < -0.39 is 0 Å². The van der Waals surface area contributed by atoms with Gasteiger partial charge in [0.25, 0.3) is 0 Å². The van der Waals surface area contributed by atoms with Crippen molar-refractivity contribution in [3.63, 3.8) is 0 Å². The maximum atomic E-state index is 13.5. The molecule has 0 unspecified atom stereocenters. The summed E-state index contributed by atoms with van der Waals surface area (Å²) < 4.78 is 19.2. The molecule has 1 heterocycles. The topological polar surface area (TPSA) is 48.1 Å². The number of thiazole rings is 1. The highest BCUT2D eigenvalue weighted by Crippen LogP contribution is 2.27. The molecular formula is C12H12BrFN2OS. The van der Waals surface area contributed by atoms with Crippen molar-refractivity contribution in [2.75, 3.05) is 12.8 Å². The second-order valence-electron chi connectivity index (χ2n) is 3.73. The van der Waals surface area contributed by atoms with E-state index in [9.17, 15) is 4.39 Å². The maximum Gasteiger partial charge on any atom is 0.181 e. The molecule has 1 aromatic heterocycles. The van der Waals surface area contributed by atoms with Crippen molar-refractivity contribution < 1.29 is 9.13 Å². The van der Waals surface area contributed by atoms with E-state index in [-0.39, 0.29) is 11.6 Å². The van der Waals surface area contributed by atoms with E-state index in [0.29, 0.717) is 5.13 Å². The normalized spacial score (nSPS) is 10.6. The zero-order chi connectivity index (χ0) is 13.1. The van der Waals surface area contributed by atoms with Gasteiger partial charge in [-0.1, -0.05) is 6.07 Å². The molecular weight excluding hydrogens is 319 g/mol. The van der Waals surface area contributed by atoms with Crippen LogP contribution in [-0.4, -0.2) is 12.1 Å². The Bertz CT molecular complexity index is 559. The average molecular weight is 331 g/mol. The third-order valence-corrected chi connectivity index (χ3v) is 4.39. The lowest BCUT2D eigenvalue weighted by molar-refractivity contribution is 0.386.